The predicted octanol–water partition coefficient (Wildman–Crippen LogP) is 3.35. The topological polar surface area (TPSA) is 55.8 Å². The Labute approximate surface area is 129 Å². The zero-order chi connectivity index (χ0) is 17.1. The van der Waals surface area contributed by atoms with Gasteiger partial charge in [-0.2, -0.15) is 8.78 Å². The molecule has 1 rings (SSSR count). The minimum atomic E-state index is -1.88. The zero-order valence-corrected chi connectivity index (χ0v) is 13.7. The molecule has 1 amide bonds. The molecule has 0 spiro atoms. The van der Waals surface area contributed by atoms with Gasteiger partial charge in [-0.25, -0.2) is 4.79 Å². The van der Waals surface area contributed by atoms with Crippen LogP contribution in [0.2, 0.25) is 0 Å². The van der Waals surface area contributed by atoms with Crippen molar-refractivity contribution in [2.24, 2.45) is 5.41 Å². The number of nitrogens with zero attached hydrogens (tertiary/aromatic N) is 1. The molecule has 0 aromatic heterocycles. The van der Waals surface area contributed by atoms with Crippen molar-refractivity contribution >= 4 is 12.1 Å². The fraction of sp³-hybridized carbons (Fsp3) is 0.733. The Morgan fingerprint density at radius 3 is 2.32 bits per heavy atom. The molecule has 1 aliphatic heterocycles. The molecule has 0 radical (unpaired) electrons. The number of hydrogen-bond acceptors (Lipinski definition) is 4. The van der Waals surface area contributed by atoms with Gasteiger partial charge >= 0.3 is 12.1 Å². The Kier molecular flexibility index (Phi) is 5.54. The average molecular weight is 319 g/mol. The molecule has 0 aromatic carbocycles. The van der Waals surface area contributed by atoms with Crippen molar-refractivity contribution in [2.45, 2.75) is 46.1 Å². The maximum atomic E-state index is 13.2. The van der Waals surface area contributed by atoms with Crippen LogP contribution in [0.1, 0.15) is 40.5 Å². The summed E-state index contributed by atoms with van der Waals surface area (Å²) in [6.45, 7) is 6.69. The van der Waals surface area contributed by atoms with Crippen molar-refractivity contribution in [2.75, 3.05) is 20.2 Å². The molecule has 1 fully saturated rings. The molecule has 1 unspecified atom stereocenters. The number of ether oxygens (including phenoxy) is 2. The molecular formula is C15H23F2NO4. The molecule has 7 heteroatoms. The standard InChI is InChI=1S/C15H23F2NO4/c1-6-15(12(19)21-5)9-18(8-7-10(15)11(16)17)13(20)22-14(2,3)4/h6-9H2,1-5H3. The largest absolute Gasteiger partial charge is 0.468 e. The first kappa shape index (κ1) is 18.4. The van der Waals surface area contributed by atoms with Gasteiger partial charge in [-0.05, 0) is 33.6 Å². The SMILES string of the molecule is CCC1(C(=O)OC)CN(C(=O)OC(C)(C)C)CCC1=C(F)F. The van der Waals surface area contributed by atoms with Gasteiger partial charge in [-0.1, -0.05) is 6.92 Å². The minimum absolute atomic E-state index is 0.0789. The van der Waals surface area contributed by atoms with Crippen LogP contribution in [-0.4, -0.2) is 42.8 Å². The van der Waals surface area contributed by atoms with E-state index in [0.717, 1.165) is 7.11 Å². The predicted molar refractivity (Wildman–Crippen MR) is 76.4 cm³/mol. The van der Waals surface area contributed by atoms with Crippen molar-refractivity contribution in [3.63, 3.8) is 0 Å². The van der Waals surface area contributed by atoms with Crippen LogP contribution in [-0.2, 0) is 14.3 Å². The first-order valence-electron chi connectivity index (χ1n) is 7.18. The van der Waals surface area contributed by atoms with Crippen LogP contribution in [0.5, 0.6) is 0 Å². The van der Waals surface area contributed by atoms with Gasteiger partial charge in [-0.3, -0.25) is 4.79 Å². The molecule has 22 heavy (non-hydrogen) atoms. The number of halogens is 2. The molecule has 0 bridgehead atoms. The third-order valence-electron chi connectivity index (χ3n) is 3.73. The van der Waals surface area contributed by atoms with E-state index in [0.29, 0.717) is 0 Å². The van der Waals surface area contributed by atoms with Crippen molar-refractivity contribution in [3.8, 4) is 0 Å². The molecule has 0 saturated carbocycles. The summed E-state index contributed by atoms with van der Waals surface area (Å²) < 4.78 is 36.4. The fourth-order valence-electron chi connectivity index (χ4n) is 2.60. The highest BCUT2D eigenvalue weighted by Gasteiger charge is 2.49. The van der Waals surface area contributed by atoms with Crippen LogP contribution in [0.4, 0.5) is 13.6 Å². The van der Waals surface area contributed by atoms with Gasteiger partial charge in [0.15, 0.2) is 0 Å². The normalized spacial score (nSPS) is 22.3. The maximum Gasteiger partial charge on any atom is 0.410 e. The summed E-state index contributed by atoms with van der Waals surface area (Å²) >= 11 is 0. The second kappa shape index (κ2) is 6.62. The number of esters is 1. The monoisotopic (exact) mass is 319 g/mol. The van der Waals surface area contributed by atoms with E-state index in [1.165, 1.54) is 4.90 Å². The lowest BCUT2D eigenvalue weighted by molar-refractivity contribution is -0.152. The van der Waals surface area contributed by atoms with Crippen LogP contribution >= 0.6 is 0 Å². The lowest BCUT2D eigenvalue weighted by Crippen LogP contribution is -2.52. The Morgan fingerprint density at radius 2 is 1.91 bits per heavy atom. The van der Waals surface area contributed by atoms with E-state index >= 15 is 0 Å². The van der Waals surface area contributed by atoms with Gasteiger partial charge in [0.2, 0.25) is 0 Å². The summed E-state index contributed by atoms with van der Waals surface area (Å²) in [5, 5.41) is 0. The summed E-state index contributed by atoms with van der Waals surface area (Å²) in [6.07, 6.45) is -2.46. The van der Waals surface area contributed by atoms with Gasteiger partial charge in [0.25, 0.3) is 6.08 Å². The Bertz CT molecular complexity index is 480. The minimum Gasteiger partial charge on any atom is -0.468 e. The molecule has 1 atom stereocenters. The summed E-state index contributed by atoms with van der Waals surface area (Å²) in [4.78, 5) is 25.6. The number of carbonyl (C=O) groups is 2. The number of amides is 1. The lowest BCUT2D eigenvalue weighted by Gasteiger charge is -2.41. The van der Waals surface area contributed by atoms with Crippen LogP contribution in [0.15, 0.2) is 11.7 Å². The molecule has 0 aromatic rings. The van der Waals surface area contributed by atoms with E-state index in [9.17, 15) is 18.4 Å². The molecular weight excluding hydrogens is 296 g/mol. The smallest absolute Gasteiger partial charge is 0.410 e. The Balaban J connectivity index is 3.12. The van der Waals surface area contributed by atoms with E-state index in [1.807, 2.05) is 0 Å². The van der Waals surface area contributed by atoms with Crippen LogP contribution < -0.4 is 0 Å². The molecule has 1 saturated heterocycles. The summed E-state index contributed by atoms with van der Waals surface area (Å²) in [7, 11) is 1.15. The number of methoxy groups -OCH3 is 1. The number of hydrogen-bond donors (Lipinski definition) is 0. The summed E-state index contributed by atoms with van der Waals surface area (Å²) in [5.74, 6) is -0.758. The molecule has 0 aliphatic carbocycles. The fourth-order valence-corrected chi connectivity index (χ4v) is 2.60. The van der Waals surface area contributed by atoms with E-state index in [2.05, 4.69) is 0 Å². The van der Waals surface area contributed by atoms with Gasteiger partial charge in [-0.15, -0.1) is 0 Å². The van der Waals surface area contributed by atoms with Crippen molar-refractivity contribution < 1.29 is 27.8 Å². The van der Waals surface area contributed by atoms with Gasteiger partial charge in [0, 0.05) is 18.7 Å². The average Bonchev–Trinajstić information content (AvgIpc) is 2.43. The van der Waals surface area contributed by atoms with E-state index in [-0.39, 0.29) is 31.5 Å². The highest BCUT2D eigenvalue weighted by molar-refractivity contribution is 5.82. The van der Waals surface area contributed by atoms with Crippen LogP contribution in [0.25, 0.3) is 0 Å². The molecule has 126 valence electrons. The van der Waals surface area contributed by atoms with E-state index < -0.39 is 29.2 Å². The van der Waals surface area contributed by atoms with Crippen molar-refractivity contribution in [3.05, 3.63) is 11.7 Å². The quantitative estimate of drug-likeness (QED) is 0.733. The number of rotatable bonds is 2. The molecule has 5 nitrogen and oxygen atoms in total. The summed E-state index contributed by atoms with van der Waals surface area (Å²) in [5.41, 5.74) is -2.46. The second-order valence-corrected chi connectivity index (χ2v) is 6.32. The zero-order valence-electron chi connectivity index (χ0n) is 13.7. The third kappa shape index (κ3) is 3.75. The second-order valence-electron chi connectivity index (χ2n) is 6.32. The first-order chi connectivity index (χ1) is 10.1. The number of likely N-dealkylation sites (tertiary alicyclic amines) is 1. The lowest BCUT2D eigenvalue weighted by atomic mass is 9.73. The number of carbonyl (C=O) groups excluding carboxylic acids is 2. The highest BCUT2D eigenvalue weighted by Crippen LogP contribution is 2.42. The van der Waals surface area contributed by atoms with Gasteiger partial charge < -0.3 is 14.4 Å². The number of piperidine rings is 1. The Morgan fingerprint density at radius 1 is 1.32 bits per heavy atom. The maximum absolute atomic E-state index is 13.2. The first-order valence-corrected chi connectivity index (χ1v) is 7.18. The third-order valence-corrected chi connectivity index (χ3v) is 3.73. The van der Waals surface area contributed by atoms with Gasteiger partial charge in [0.1, 0.15) is 11.0 Å². The Hall–Kier alpha value is -1.66. The van der Waals surface area contributed by atoms with E-state index in [1.54, 1.807) is 27.7 Å². The molecule has 1 heterocycles. The molecule has 0 N–H and O–H groups in total. The van der Waals surface area contributed by atoms with E-state index in [4.69, 9.17) is 9.47 Å². The highest BCUT2D eigenvalue weighted by atomic mass is 19.3. The van der Waals surface area contributed by atoms with Gasteiger partial charge in [0.05, 0.1) is 7.11 Å². The summed E-state index contributed by atoms with van der Waals surface area (Å²) in [6, 6.07) is 0. The molecule has 1 aliphatic rings. The van der Waals surface area contributed by atoms with Crippen LogP contribution in [0, 0.1) is 5.41 Å². The van der Waals surface area contributed by atoms with Crippen molar-refractivity contribution in [1.82, 2.24) is 4.90 Å². The van der Waals surface area contributed by atoms with Crippen molar-refractivity contribution in [1.29, 1.82) is 0 Å². The van der Waals surface area contributed by atoms with Crippen LogP contribution in [0.3, 0.4) is 0 Å².